The molecule has 0 bridgehead atoms. The minimum absolute atomic E-state index is 0.166. The number of rotatable bonds is 9. The molecule has 0 aromatic carbocycles. The zero-order valence-electron chi connectivity index (χ0n) is 14.0. The van der Waals surface area contributed by atoms with Gasteiger partial charge in [-0.3, -0.25) is 9.35 Å². The second kappa shape index (κ2) is 13.5. The van der Waals surface area contributed by atoms with E-state index >= 15 is 0 Å². The fraction of sp³-hybridized carbons (Fsp3) is 0.812. The molecule has 1 amide bonds. The van der Waals surface area contributed by atoms with Crippen molar-refractivity contribution in [1.82, 2.24) is 5.32 Å². The van der Waals surface area contributed by atoms with Gasteiger partial charge in [0.2, 0.25) is 5.91 Å². The van der Waals surface area contributed by atoms with Crippen LogP contribution in [0.5, 0.6) is 0 Å². The molecule has 0 spiro atoms. The molecule has 7 heteroatoms. The molecule has 0 aromatic heterocycles. The molecule has 0 radical (unpaired) electrons. The van der Waals surface area contributed by atoms with Crippen LogP contribution >= 0.6 is 0 Å². The molecule has 0 aromatic rings. The fourth-order valence-electron chi connectivity index (χ4n) is 2.36. The van der Waals surface area contributed by atoms with Crippen LogP contribution in [0.25, 0.3) is 0 Å². The number of nitrogens with two attached hydrogens (primary N) is 1. The molecule has 0 heterocycles. The SMILES string of the molecule is C=CC(=O)NCCCCCCCS(=O)(=O)O.NC1CCCCC1. The maximum atomic E-state index is 10.7. The van der Waals surface area contributed by atoms with E-state index in [2.05, 4.69) is 11.9 Å². The molecule has 23 heavy (non-hydrogen) atoms. The van der Waals surface area contributed by atoms with Crippen molar-refractivity contribution in [1.29, 1.82) is 0 Å². The Hall–Kier alpha value is -0.920. The van der Waals surface area contributed by atoms with Crippen LogP contribution in [0.1, 0.15) is 64.2 Å². The first kappa shape index (κ1) is 22.1. The molecule has 0 aliphatic heterocycles. The molecule has 136 valence electrons. The Morgan fingerprint density at radius 3 is 2.17 bits per heavy atom. The lowest BCUT2D eigenvalue weighted by molar-refractivity contribution is -0.116. The molecule has 1 saturated carbocycles. The van der Waals surface area contributed by atoms with E-state index in [1.54, 1.807) is 0 Å². The van der Waals surface area contributed by atoms with E-state index in [0.717, 1.165) is 25.7 Å². The summed E-state index contributed by atoms with van der Waals surface area (Å²) in [4.78, 5) is 10.7. The van der Waals surface area contributed by atoms with E-state index in [1.165, 1.54) is 38.2 Å². The van der Waals surface area contributed by atoms with Gasteiger partial charge in [0.25, 0.3) is 10.1 Å². The minimum Gasteiger partial charge on any atom is -0.353 e. The third-order valence-electron chi connectivity index (χ3n) is 3.71. The number of carbonyl (C=O) groups excluding carboxylic acids is 1. The zero-order valence-corrected chi connectivity index (χ0v) is 14.8. The Labute approximate surface area is 140 Å². The quantitative estimate of drug-likeness (QED) is 0.337. The van der Waals surface area contributed by atoms with Gasteiger partial charge in [0, 0.05) is 12.6 Å². The number of nitrogens with one attached hydrogen (secondary N) is 1. The van der Waals surface area contributed by atoms with Crippen molar-refractivity contribution in [2.24, 2.45) is 5.73 Å². The molecule has 0 saturated heterocycles. The van der Waals surface area contributed by atoms with Crippen molar-refractivity contribution >= 4 is 16.0 Å². The van der Waals surface area contributed by atoms with Crippen LogP contribution in [0.2, 0.25) is 0 Å². The number of amides is 1. The Kier molecular flexibility index (Phi) is 13.0. The van der Waals surface area contributed by atoms with Gasteiger partial charge in [-0.1, -0.05) is 45.1 Å². The van der Waals surface area contributed by atoms with Gasteiger partial charge in [-0.25, -0.2) is 0 Å². The first-order valence-electron chi connectivity index (χ1n) is 8.46. The highest BCUT2D eigenvalue weighted by atomic mass is 32.2. The normalized spacial score (nSPS) is 15.4. The first-order valence-corrected chi connectivity index (χ1v) is 10.1. The monoisotopic (exact) mass is 348 g/mol. The molecule has 0 unspecified atom stereocenters. The molecular weight excluding hydrogens is 316 g/mol. The van der Waals surface area contributed by atoms with Crippen LogP contribution in [0, 0.1) is 0 Å². The lowest BCUT2D eigenvalue weighted by atomic mass is 9.97. The highest BCUT2D eigenvalue weighted by Crippen LogP contribution is 2.14. The van der Waals surface area contributed by atoms with E-state index < -0.39 is 10.1 Å². The van der Waals surface area contributed by atoms with Gasteiger partial charge in [-0.15, -0.1) is 0 Å². The van der Waals surface area contributed by atoms with Crippen LogP contribution in [0.3, 0.4) is 0 Å². The van der Waals surface area contributed by atoms with Crippen molar-refractivity contribution in [3.8, 4) is 0 Å². The molecule has 1 aliphatic carbocycles. The van der Waals surface area contributed by atoms with Gasteiger partial charge < -0.3 is 11.1 Å². The highest BCUT2D eigenvalue weighted by molar-refractivity contribution is 7.85. The Bertz CT molecular complexity index is 418. The first-order chi connectivity index (χ1) is 10.8. The summed E-state index contributed by atoms with van der Waals surface area (Å²) in [5.74, 6) is -0.341. The second-order valence-electron chi connectivity index (χ2n) is 5.95. The third kappa shape index (κ3) is 17.3. The van der Waals surface area contributed by atoms with E-state index in [-0.39, 0.29) is 11.7 Å². The van der Waals surface area contributed by atoms with Crippen LogP contribution in [-0.2, 0) is 14.9 Å². The number of hydrogen-bond acceptors (Lipinski definition) is 4. The van der Waals surface area contributed by atoms with Crippen LogP contribution in [-0.4, -0.2) is 37.2 Å². The Morgan fingerprint density at radius 2 is 1.70 bits per heavy atom. The molecular formula is C16H32N2O4S. The average molecular weight is 349 g/mol. The number of unbranched alkanes of at least 4 members (excludes halogenated alkanes) is 4. The predicted octanol–water partition coefficient (Wildman–Crippen LogP) is 2.40. The van der Waals surface area contributed by atoms with Crippen molar-refractivity contribution in [3.05, 3.63) is 12.7 Å². The van der Waals surface area contributed by atoms with Gasteiger partial charge in [0.1, 0.15) is 0 Å². The van der Waals surface area contributed by atoms with E-state index in [1.807, 2.05) is 0 Å². The summed E-state index contributed by atoms with van der Waals surface area (Å²) >= 11 is 0. The summed E-state index contributed by atoms with van der Waals surface area (Å²) in [7, 11) is -3.80. The van der Waals surface area contributed by atoms with Gasteiger partial charge in [0.15, 0.2) is 0 Å². The topological polar surface area (TPSA) is 109 Å². The largest absolute Gasteiger partial charge is 0.353 e. The van der Waals surface area contributed by atoms with Crippen LogP contribution in [0.15, 0.2) is 12.7 Å². The van der Waals surface area contributed by atoms with Crippen molar-refractivity contribution in [2.45, 2.75) is 70.3 Å². The van der Waals surface area contributed by atoms with Gasteiger partial charge in [-0.05, 0) is 31.8 Å². The van der Waals surface area contributed by atoms with Gasteiger partial charge >= 0.3 is 0 Å². The van der Waals surface area contributed by atoms with Gasteiger partial charge in [0.05, 0.1) is 5.75 Å². The summed E-state index contributed by atoms with van der Waals surface area (Å²) in [6, 6.07) is 0.536. The Balaban J connectivity index is 0.000000568. The molecule has 4 N–H and O–H groups in total. The molecule has 1 aliphatic rings. The zero-order chi connectivity index (χ0) is 17.6. The lowest BCUT2D eigenvalue weighted by Gasteiger charge is -2.15. The Morgan fingerprint density at radius 1 is 1.13 bits per heavy atom. The smallest absolute Gasteiger partial charge is 0.264 e. The van der Waals surface area contributed by atoms with Crippen LogP contribution < -0.4 is 11.1 Å². The standard InChI is InChI=1S/C10H19NO4S.C6H13N/c1-2-10(12)11-8-6-4-3-5-7-9-16(13,14)15;7-6-4-2-1-3-5-6/h2H,1,3-9H2,(H,11,12)(H,13,14,15);6H,1-5,7H2. The lowest BCUT2D eigenvalue weighted by Crippen LogP contribution is -2.22. The second-order valence-corrected chi connectivity index (χ2v) is 7.52. The molecule has 1 rings (SSSR count). The minimum atomic E-state index is -3.80. The average Bonchev–Trinajstić information content (AvgIpc) is 2.50. The number of hydrogen-bond donors (Lipinski definition) is 3. The maximum Gasteiger partial charge on any atom is 0.264 e. The number of carbonyl (C=O) groups is 1. The molecule has 1 fully saturated rings. The van der Waals surface area contributed by atoms with E-state index in [0.29, 0.717) is 19.0 Å². The van der Waals surface area contributed by atoms with Gasteiger partial charge in [-0.2, -0.15) is 8.42 Å². The summed E-state index contributed by atoms with van der Waals surface area (Å²) in [5, 5.41) is 2.65. The van der Waals surface area contributed by atoms with Crippen molar-refractivity contribution in [2.75, 3.05) is 12.3 Å². The predicted molar refractivity (Wildman–Crippen MR) is 93.8 cm³/mol. The molecule has 0 atom stereocenters. The van der Waals surface area contributed by atoms with Crippen LogP contribution in [0.4, 0.5) is 0 Å². The van der Waals surface area contributed by atoms with Crippen molar-refractivity contribution in [3.63, 3.8) is 0 Å². The third-order valence-corrected chi connectivity index (χ3v) is 4.52. The summed E-state index contributed by atoms with van der Waals surface area (Å²) < 4.78 is 29.2. The summed E-state index contributed by atoms with van der Waals surface area (Å²) in [6.45, 7) is 3.94. The maximum absolute atomic E-state index is 10.7. The van der Waals surface area contributed by atoms with E-state index in [4.69, 9.17) is 10.3 Å². The highest BCUT2D eigenvalue weighted by Gasteiger charge is 2.06. The summed E-state index contributed by atoms with van der Waals surface area (Å²) in [5.41, 5.74) is 5.63. The summed E-state index contributed by atoms with van der Waals surface area (Å²) in [6.07, 6.45) is 11.9. The fourth-order valence-corrected chi connectivity index (χ4v) is 2.93. The van der Waals surface area contributed by atoms with E-state index in [9.17, 15) is 13.2 Å². The molecule has 6 nitrogen and oxygen atoms in total. The van der Waals surface area contributed by atoms with Crippen molar-refractivity contribution < 1.29 is 17.8 Å².